The molecule has 0 spiro atoms. The summed E-state index contributed by atoms with van der Waals surface area (Å²) in [6.07, 6.45) is 0. The molecule has 6 nitrogen and oxygen atoms in total. The smallest absolute Gasteiger partial charge is 0.243 e. The van der Waals surface area contributed by atoms with Crippen molar-refractivity contribution in [2.45, 2.75) is 13.8 Å². The first kappa shape index (κ1) is 9.54. The van der Waals surface area contributed by atoms with Gasteiger partial charge in [-0.15, -0.1) is 0 Å². The Bertz CT molecular complexity index is 185. The van der Waals surface area contributed by atoms with E-state index in [4.69, 9.17) is 5.41 Å². The summed E-state index contributed by atoms with van der Waals surface area (Å²) in [5.41, 5.74) is 0. The number of rotatable bonds is 1. The van der Waals surface area contributed by atoms with Gasteiger partial charge in [-0.25, -0.2) is 0 Å². The molecule has 0 aromatic heterocycles. The second-order valence-corrected chi connectivity index (χ2v) is 2.21. The molecular formula is C5H11N5O. The molecule has 0 aromatic carbocycles. The first-order valence-corrected chi connectivity index (χ1v) is 3.08. The first-order chi connectivity index (χ1) is 5.07. The van der Waals surface area contributed by atoms with Crippen LogP contribution in [0.5, 0.6) is 0 Å². The van der Waals surface area contributed by atoms with Crippen molar-refractivity contribution in [1.82, 2.24) is 5.32 Å². The fourth-order valence-electron chi connectivity index (χ4n) is 0.344. The predicted molar refractivity (Wildman–Crippen MR) is 39.8 cm³/mol. The maximum Gasteiger partial charge on any atom is 0.243 e. The summed E-state index contributed by atoms with van der Waals surface area (Å²) in [6, 6.07) is 0. The van der Waals surface area contributed by atoms with Crippen molar-refractivity contribution in [3.8, 4) is 0 Å². The van der Waals surface area contributed by atoms with E-state index in [0.29, 0.717) is 0 Å². The van der Waals surface area contributed by atoms with E-state index in [1.54, 1.807) is 13.8 Å². The molecule has 62 valence electrons. The highest BCUT2D eigenvalue weighted by atomic mass is 16.2. The van der Waals surface area contributed by atoms with Crippen LogP contribution in [0.15, 0.2) is 10.3 Å². The van der Waals surface area contributed by atoms with Crippen LogP contribution in [0.3, 0.4) is 0 Å². The Morgan fingerprint density at radius 2 is 2.18 bits per heavy atom. The normalized spacial score (nSPS) is 10.5. The molecule has 0 aliphatic carbocycles. The van der Waals surface area contributed by atoms with Crippen molar-refractivity contribution in [1.29, 1.82) is 5.41 Å². The van der Waals surface area contributed by atoms with Gasteiger partial charge in [0.25, 0.3) is 0 Å². The molecule has 0 saturated heterocycles. The zero-order valence-corrected chi connectivity index (χ0v) is 6.46. The van der Waals surface area contributed by atoms with Gasteiger partial charge in [-0.05, 0) is 0 Å². The number of guanidine groups is 1. The predicted octanol–water partition coefficient (Wildman–Crippen LogP) is 0.0193. The average Bonchev–Trinajstić information content (AvgIpc) is 1.87. The van der Waals surface area contributed by atoms with E-state index in [1.165, 1.54) is 0 Å². The number of nitrogens with zero attached hydrogens (tertiary/aromatic N) is 2. The Balaban J connectivity index is 3.86. The molecule has 0 unspecified atom stereocenters. The second-order valence-electron chi connectivity index (χ2n) is 2.21. The molecule has 11 heavy (non-hydrogen) atoms. The monoisotopic (exact) mass is 157 g/mol. The van der Waals surface area contributed by atoms with Gasteiger partial charge >= 0.3 is 0 Å². The number of hydrogen-bond donors (Lipinski definition) is 3. The minimum Gasteiger partial charge on any atom is -0.304 e. The molecule has 0 saturated carbocycles. The van der Waals surface area contributed by atoms with Crippen molar-refractivity contribution >= 4 is 11.9 Å². The quantitative estimate of drug-likeness (QED) is 0.164. The number of carbonyl (C=O) groups excluding carboxylic acids is 1. The zero-order valence-electron chi connectivity index (χ0n) is 6.46. The van der Waals surface area contributed by atoms with Crippen molar-refractivity contribution in [2.24, 2.45) is 22.1 Å². The minimum atomic E-state index is -0.341. The summed E-state index contributed by atoms with van der Waals surface area (Å²) in [5.74, 6) is 3.85. The van der Waals surface area contributed by atoms with Crippen LogP contribution in [0.25, 0.3) is 0 Å². The SMILES string of the molecule is CC(C)C(=O)NC(=N)N=NN. The van der Waals surface area contributed by atoms with Gasteiger partial charge in [-0.3, -0.25) is 15.5 Å². The number of nitrogens with one attached hydrogen (secondary N) is 2. The summed E-state index contributed by atoms with van der Waals surface area (Å²) < 4.78 is 0. The van der Waals surface area contributed by atoms with Crippen LogP contribution in [0, 0.1) is 11.3 Å². The third-order valence-electron chi connectivity index (χ3n) is 0.924. The van der Waals surface area contributed by atoms with Crippen LogP contribution < -0.4 is 11.2 Å². The van der Waals surface area contributed by atoms with Crippen molar-refractivity contribution in [2.75, 3.05) is 0 Å². The standard InChI is InChI=1S/C5H11N5O/c1-3(2)4(11)8-5(6)9-10-7/h3H,1-2H3,(H4,6,7,8,9,11). The van der Waals surface area contributed by atoms with Gasteiger partial charge in [-0.2, -0.15) is 0 Å². The summed E-state index contributed by atoms with van der Waals surface area (Å²) in [7, 11) is 0. The van der Waals surface area contributed by atoms with E-state index in [1.807, 2.05) is 0 Å². The second kappa shape index (κ2) is 4.37. The van der Waals surface area contributed by atoms with Gasteiger partial charge in [0, 0.05) is 5.92 Å². The molecule has 0 radical (unpaired) electrons. The van der Waals surface area contributed by atoms with Crippen LogP contribution in [-0.2, 0) is 4.79 Å². The molecule has 0 bridgehead atoms. The van der Waals surface area contributed by atoms with Crippen LogP contribution >= 0.6 is 0 Å². The largest absolute Gasteiger partial charge is 0.304 e. The lowest BCUT2D eigenvalue weighted by atomic mass is 10.2. The highest BCUT2D eigenvalue weighted by molar-refractivity contribution is 5.96. The topological polar surface area (TPSA) is 104 Å². The van der Waals surface area contributed by atoms with Crippen molar-refractivity contribution in [3.05, 3.63) is 0 Å². The minimum absolute atomic E-state index is 0.177. The summed E-state index contributed by atoms with van der Waals surface area (Å²) in [5, 5.41) is 15.1. The van der Waals surface area contributed by atoms with E-state index in [-0.39, 0.29) is 17.8 Å². The Labute approximate surface area is 64.4 Å². The lowest BCUT2D eigenvalue weighted by Gasteiger charge is -2.02. The Hall–Kier alpha value is -1.46. The van der Waals surface area contributed by atoms with Crippen LogP contribution in [0.1, 0.15) is 13.8 Å². The molecule has 4 N–H and O–H groups in total. The fraction of sp³-hybridized carbons (Fsp3) is 0.600. The van der Waals surface area contributed by atoms with Gasteiger partial charge in [0.2, 0.25) is 11.9 Å². The van der Waals surface area contributed by atoms with Gasteiger partial charge in [-0.1, -0.05) is 24.2 Å². The Morgan fingerprint density at radius 3 is 2.55 bits per heavy atom. The summed E-state index contributed by atoms with van der Waals surface area (Å²) in [6.45, 7) is 3.42. The molecule has 0 atom stereocenters. The Kier molecular flexibility index (Phi) is 3.79. The lowest BCUT2D eigenvalue weighted by Crippen LogP contribution is -2.31. The molecule has 1 amide bonds. The van der Waals surface area contributed by atoms with Crippen LogP contribution in [-0.4, -0.2) is 11.9 Å². The van der Waals surface area contributed by atoms with E-state index in [2.05, 4.69) is 21.5 Å². The highest BCUT2D eigenvalue weighted by Crippen LogP contribution is 1.89. The van der Waals surface area contributed by atoms with Crippen LogP contribution in [0.2, 0.25) is 0 Å². The van der Waals surface area contributed by atoms with Crippen molar-refractivity contribution < 1.29 is 4.79 Å². The Morgan fingerprint density at radius 1 is 1.64 bits per heavy atom. The number of hydrogen-bond acceptors (Lipinski definition) is 3. The maximum atomic E-state index is 10.8. The van der Waals surface area contributed by atoms with E-state index in [0.717, 1.165) is 0 Å². The van der Waals surface area contributed by atoms with Gasteiger partial charge in [0.05, 0.1) is 0 Å². The number of carbonyl (C=O) groups is 1. The summed E-state index contributed by atoms with van der Waals surface area (Å²) in [4.78, 5) is 10.8. The maximum absolute atomic E-state index is 10.8. The third-order valence-corrected chi connectivity index (χ3v) is 0.924. The first-order valence-electron chi connectivity index (χ1n) is 3.08. The molecule has 0 heterocycles. The molecular weight excluding hydrogens is 146 g/mol. The van der Waals surface area contributed by atoms with E-state index in [9.17, 15) is 4.79 Å². The number of amides is 1. The van der Waals surface area contributed by atoms with E-state index >= 15 is 0 Å². The van der Waals surface area contributed by atoms with Crippen LogP contribution in [0.4, 0.5) is 0 Å². The van der Waals surface area contributed by atoms with Gasteiger partial charge in [0.1, 0.15) is 0 Å². The van der Waals surface area contributed by atoms with E-state index < -0.39 is 0 Å². The molecule has 6 heteroatoms. The average molecular weight is 157 g/mol. The third kappa shape index (κ3) is 4.01. The van der Waals surface area contributed by atoms with Gasteiger partial charge < -0.3 is 5.84 Å². The summed E-state index contributed by atoms with van der Waals surface area (Å²) >= 11 is 0. The lowest BCUT2D eigenvalue weighted by molar-refractivity contribution is -0.122. The highest BCUT2D eigenvalue weighted by Gasteiger charge is 2.07. The molecule has 0 aliphatic rings. The van der Waals surface area contributed by atoms with Gasteiger partial charge in [0.15, 0.2) is 0 Å². The molecule has 0 rings (SSSR count). The fourth-order valence-corrected chi connectivity index (χ4v) is 0.344. The molecule has 0 aromatic rings. The molecule has 0 aliphatic heterocycles. The van der Waals surface area contributed by atoms with Crippen molar-refractivity contribution in [3.63, 3.8) is 0 Å². The molecule has 0 fully saturated rings. The zero-order chi connectivity index (χ0) is 8.85. The number of nitrogens with two attached hydrogens (primary N) is 1.